The standard InChI is InChI=1S/C10H20N2O2/c1-8(2)6-12-5-4-11(3)9(7-12)10(13)14/h8-9H,4-7H2,1-3H3,(H,13,14). The van der Waals surface area contributed by atoms with Crippen molar-refractivity contribution in [1.29, 1.82) is 0 Å². The third kappa shape index (κ3) is 2.96. The molecule has 1 unspecified atom stereocenters. The van der Waals surface area contributed by atoms with Crippen LogP contribution in [0.15, 0.2) is 0 Å². The molecule has 1 N–H and O–H groups in total. The predicted molar refractivity (Wildman–Crippen MR) is 55.3 cm³/mol. The second-order valence-corrected chi connectivity index (χ2v) is 4.49. The van der Waals surface area contributed by atoms with Crippen molar-refractivity contribution < 1.29 is 9.90 Å². The van der Waals surface area contributed by atoms with E-state index in [0.29, 0.717) is 12.5 Å². The highest BCUT2D eigenvalue weighted by Gasteiger charge is 2.29. The molecule has 1 rings (SSSR count). The van der Waals surface area contributed by atoms with Crippen LogP contribution in [0.4, 0.5) is 0 Å². The van der Waals surface area contributed by atoms with Gasteiger partial charge in [0.15, 0.2) is 0 Å². The fourth-order valence-corrected chi connectivity index (χ4v) is 1.88. The number of hydrogen-bond acceptors (Lipinski definition) is 3. The highest BCUT2D eigenvalue weighted by atomic mass is 16.4. The number of carboxylic acid groups (broad SMARTS) is 1. The minimum atomic E-state index is -0.707. The highest BCUT2D eigenvalue weighted by molar-refractivity contribution is 5.73. The lowest BCUT2D eigenvalue weighted by Crippen LogP contribution is -2.55. The first kappa shape index (κ1) is 11.5. The maximum absolute atomic E-state index is 10.9. The molecule has 4 heteroatoms. The fourth-order valence-electron chi connectivity index (χ4n) is 1.88. The summed E-state index contributed by atoms with van der Waals surface area (Å²) in [5.74, 6) is -0.103. The lowest BCUT2D eigenvalue weighted by Gasteiger charge is -2.37. The highest BCUT2D eigenvalue weighted by Crippen LogP contribution is 2.09. The van der Waals surface area contributed by atoms with Crippen LogP contribution in [0.25, 0.3) is 0 Å². The second-order valence-electron chi connectivity index (χ2n) is 4.49. The third-order valence-corrected chi connectivity index (χ3v) is 2.64. The SMILES string of the molecule is CC(C)CN1CCN(C)C(C(=O)O)C1. The molecule has 0 aliphatic carbocycles. The summed E-state index contributed by atoms with van der Waals surface area (Å²) in [4.78, 5) is 15.1. The summed E-state index contributed by atoms with van der Waals surface area (Å²) in [6.45, 7) is 7.81. The molecule has 0 amide bonds. The second kappa shape index (κ2) is 4.75. The van der Waals surface area contributed by atoms with E-state index in [1.165, 1.54) is 0 Å². The molecule has 0 saturated carbocycles. The van der Waals surface area contributed by atoms with Crippen LogP contribution >= 0.6 is 0 Å². The van der Waals surface area contributed by atoms with Gasteiger partial charge in [-0.3, -0.25) is 14.6 Å². The van der Waals surface area contributed by atoms with Crippen molar-refractivity contribution in [2.75, 3.05) is 33.2 Å². The predicted octanol–water partition coefficient (Wildman–Crippen LogP) is 0.343. The molecule has 1 atom stereocenters. The number of piperazine rings is 1. The monoisotopic (exact) mass is 200 g/mol. The van der Waals surface area contributed by atoms with Gasteiger partial charge in [-0.15, -0.1) is 0 Å². The van der Waals surface area contributed by atoms with Gasteiger partial charge in [0.05, 0.1) is 0 Å². The topological polar surface area (TPSA) is 43.8 Å². The maximum atomic E-state index is 10.9. The van der Waals surface area contributed by atoms with Gasteiger partial charge < -0.3 is 5.11 Å². The molecule has 0 spiro atoms. The Bertz CT molecular complexity index is 206. The Kier molecular flexibility index (Phi) is 3.89. The molecule has 1 fully saturated rings. The molecule has 1 saturated heterocycles. The van der Waals surface area contributed by atoms with E-state index >= 15 is 0 Å². The van der Waals surface area contributed by atoms with Crippen LogP contribution in [0, 0.1) is 5.92 Å². The van der Waals surface area contributed by atoms with E-state index in [2.05, 4.69) is 18.7 Å². The van der Waals surface area contributed by atoms with Crippen molar-refractivity contribution in [3.63, 3.8) is 0 Å². The summed E-state index contributed by atoms with van der Waals surface area (Å²) in [5.41, 5.74) is 0. The normalized spacial score (nSPS) is 25.6. The van der Waals surface area contributed by atoms with Crippen molar-refractivity contribution in [2.45, 2.75) is 19.9 Å². The Morgan fingerprint density at radius 3 is 2.64 bits per heavy atom. The Hall–Kier alpha value is -0.610. The largest absolute Gasteiger partial charge is 0.480 e. The molecule has 1 heterocycles. The number of carboxylic acids is 1. The number of hydrogen-bond donors (Lipinski definition) is 1. The van der Waals surface area contributed by atoms with E-state index in [1.807, 2.05) is 11.9 Å². The molecule has 82 valence electrons. The van der Waals surface area contributed by atoms with Gasteiger partial charge in [-0.05, 0) is 13.0 Å². The van der Waals surface area contributed by atoms with Crippen LogP contribution in [0.3, 0.4) is 0 Å². The van der Waals surface area contributed by atoms with Crippen LogP contribution in [-0.4, -0.2) is 60.1 Å². The van der Waals surface area contributed by atoms with Gasteiger partial charge in [0, 0.05) is 26.2 Å². The lowest BCUT2D eigenvalue weighted by atomic mass is 10.1. The molecule has 0 bridgehead atoms. The summed E-state index contributed by atoms with van der Waals surface area (Å²) < 4.78 is 0. The zero-order valence-electron chi connectivity index (χ0n) is 9.23. The molecule has 0 radical (unpaired) electrons. The number of rotatable bonds is 3. The first-order valence-corrected chi connectivity index (χ1v) is 5.16. The van der Waals surface area contributed by atoms with Gasteiger partial charge in [0.2, 0.25) is 0 Å². The first-order valence-electron chi connectivity index (χ1n) is 5.16. The van der Waals surface area contributed by atoms with E-state index in [1.54, 1.807) is 0 Å². The summed E-state index contributed by atoms with van der Waals surface area (Å²) in [6.07, 6.45) is 0. The van der Waals surface area contributed by atoms with Gasteiger partial charge >= 0.3 is 5.97 Å². The molecule has 0 aromatic rings. The Labute approximate surface area is 85.5 Å². The molecule has 0 aromatic carbocycles. The Balaban J connectivity index is 2.49. The summed E-state index contributed by atoms with van der Waals surface area (Å²) in [5, 5.41) is 8.99. The molecular formula is C10H20N2O2. The average molecular weight is 200 g/mol. The number of aliphatic carboxylic acids is 1. The smallest absolute Gasteiger partial charge is 0.322 e. The molecule has 0 aromatic heterocycles. The van der Waals surface area contributed by atoms with Crippen molar-refractivity contribution in [3.8, 4) is 0 Å². The Morgan fingerprint density at radius 1 is 1.50 bits per heavy atom. The van der Waals surface area contributed by atoms with Gasteiger partial charge in [0.25, 0.3) is 0 Å². The maximum Gasteiger partial charge on any atom is 0.322 e. The lowest BCUT2D eigenvalue weighted by molar-refractivity contribution is -0.145. The van der Waals surface area contributed by atoms with Crippen LogP contribution in [0.1, 0.15) is 13.8 Å². The number of likely N-dealkylation sites (N-methyl/N-ethyl adjacent to an activating group) is 1. The van der Waals surface area contributed by atoms with Crippen molar-refractivity contribution in [3.05, 3.63) is 0 Å². The van der Waals surface area contributed by atoms with Crippen molar-refractivity contribution >= 4 is 5.97 Å². The Morgan fingerprint density at radius 2 is 2.14 bits per heavy atom. The fraction of sp³-hybridized carbons (Fsp3) is 0.900. The van der Waals surface area contributed by atoms with E-state index < -0.39 is 5.97 Å². The van der Waals surface area contributed by atoms with Gasteiger partial charge in [-0.1, -0.05) is 13.8 Å². The first-order chi connectivity index (χ1) is 6.50. The molecular weight excluding hydrogens is 180 g/mol. The summed E-state index contributed by atoms with van der Waals surface area (Å²) in [7, 11) is 1.88. The molecule has 14 heavy (non-hydrogen) atoms. The minimum Gasteiger partial charge on any atom is -0.480 e. The zero-order valence-corrected chi connectivity index (χ0v) is 9.23. The quantitative estimate of drug-likeness (QED) is 0.713. The molecule has 1 aliphatic rings. The number of nitrogens with zero attached hydrogens (tertiary/aromatic N) is 2. The van der Waals surface area contributed by atoms with Gasteiger partial charge in [-0.2, -0.15) is 0 Å². The van der Waals surface area contributed by atoms with Crippen molar-refractivity contribution in [1.82, 2.24) is 9.80 Å². The van der Waals surface area contributed by atoms with Crippen LogP contribution in [-0.2, 0) is 4.79 Å². The van der Waals surface area contributed by atoms with E-state index in [0.717, 1.165) is 19.6 Å². The zero-order chi connectivity index (χ0) is 10.7. The molecule has 1 aliphatic heterocycles. The van der Waals surface area contributed by atoms with Crippen LogP contribution in [0.2, 0.25) is 0 Å². The van der Waals surface area contributed by atoms with Crippen LogP contribution < -0.4 is 0 Å². The molecule has 4 nitrogen and oxygen atoms in total. The number of carbonyl (C=O) groups is 1. The van der Waals surface area contributed by atoms with E-state index in [4.69, 9.17) is 5.11 Å². The summed E-state index contributed by atoms with van der Waals surface area (Å²) in [6, 6.07) is -0.331. The average Bonchev–Trinajstić information content (AvgIpc) is 2.07. The van der Waals surface area contributed by atoms with Gasteiger partial charge in [-0.25, -0.2) is 0 Å². The summed E-state index contributed by atoms with van der Waals surface area (Å²) >= 11 is 0. The minimum absolute atomic E-state index is 0.331. The van der Waals surface area contributed by atoms with Crippen LogP contribution in [0.5, 0.6) is 0 Å². The van der Waals surface area contributed by atoms with Crippen molar-refractivity contribution in [2.24, 2.45) is 5.92 Å². The third-order valence-electron chi connectivity index (χ3n) is 2.64. The van der Waals surface area contributed by atoms with E-state index in [-0.39, 0.29) is 6.04 Å². The van der Waals surface area contributed by atoms with Gasteiger partial charge in [0.1, 0.15) is 6.04 Å². The van der Waals surface area contributed by atoms with E-state index in [9.17, 15) is 4.79 Å².